The van der Waals surface area contributed by atoms with Crippen LogP contribution in [0.5, 0.6) is 5.75 Å². The van der Waals surface area contributed by atoms with Crippen molar-refractivity contribution in [2.24, 2.45) is 0 Å². The van der Waals surface area contributed by atoms with E-state index in [2.05, 4.69) is 0 Å². The average molecular weight is 439 g/mol. The van der Waals surface area contributed by atoms with Gasteiger partial charge in [-0.15, -0.1) is 0 Å². The Kier molecular flexibility index (Phi) is 6.34. The lowest BCUT2D eigenvalue weighted by Gasteiger charge is -2.38. The highest BCUT2D eigenvalue weighted by atomic mass is 35.5. The quantitative estimate of drug-likeness (QED) is 0.715. The van der Waals surface area contributed by atoms with Crippen LogP contribution >= 0.6 is 23.2 Å². The molecule has 2 aromatic carbocycles. The molecule has 0 radical (unpaired) electrons. The van der Waals surface area contributed by atoms with Crippen molar-refractivity contribution in [2.75, 3.05) is 26.2 Å². The number of nitrogens with zero attached hydrogens (tertiary/aromatic N) is 2. The molecule has 1 aliphatic heterocycles. The molecule has 0 atom stereocenters. The first-order chi connectivity index (χ1) is 13.7. The summed E-state index contributed by atoms with van der Waals surface area (Å²) in [6.07, 6.45) is 0. The Morgan fingerprint density at radius 2 is 1.48 bits per heavy atom. The first-order valence-corrected chi connectivity index (χ1v) is 9.91. The van der Waals surface area contributed by atoms with Gasteiger partial charge >= 0.3 is 0 Å². The van der Waals surface area contributed by atoms with Gasteiger partial charge in [0.15, 0.2) is 5.60 Å². The Morgan fingerprint density at radius 3 is 2.10 bits per heavy atom. The van der Waals surface area contributed by atoms with E-state index >= 15 is 0 Å². The number of amides is 2. The van der Waals surface area contributed by atoms with E-state index in [1.54, 1.807) is 43.0 Å². The van der Waals surface area contributed by atoms with Crippen molar-refractivity contribution in [3.63, 3.8) is 0 Å². The molecule has 0 spiro atoms. The smallest absolute Gasteiger partial charge is 0.266 e. The number of hydrogen-bond donors (Lipinski definition) is 0. The zero-order valence-corrected chi connectivity index (χ0v) is 17.6. The van der Waals surface area contributed by atoms with Gasteiger partial charge in [-0.3, -0.25) is 9.59 Å². The SMILES string of the molecule is CC(C)(Oc1ccc(Cl)cc1)C(=O)N1CCN(C(=O)c2cc(Cl)ccc2F)CC1. The maximum absolute atomic E-state index is 14.0. The largest absolute Gasteiger partial charge is 0.478 e. The Morgan fingerprint density at radius 1 is 0.931 bits per heavy atom. The maximum Gasteiger partial charge on any atom is 0.266 e. The van der Waals surface area contributed by atoms with Crippen LogP contribution in [-0.2, 0) is 4.79 Å². The number of carbonyl (C=O) groups is 2. The number of carbonyl (C=O) groups excluding carboxylic acids is 2. The lowest BCUT2D eigenvalue weighted by molar-refractivity contribution is -0.147. The van der Waals surface area contributed by atoms with Crippen LogP contribution in [0.4, 0.5) is 4.39 Å². The van der Waals surface area contributed by atoms with Gasteiger partial charge in [-0.05, 0) is 56.3 Å². The zero-order valence-electron chi connectivity index (χ0n) is 16.1. The minimum atomic E-state index is -1.08. The van der Waals surface area contributed by atoms with Gasteiger partial charge in [0.25, 0.3) is 11.8 Å². The van der Waals surface area contributed by atoms with Crippen molar-refractivity contribution in [3.05, 3.63) is 63.9 Å². The Hall–Kier alpha value is -2.31. The van der Waals surface area contributed by atoms with Gasteiger partial charge in [-0.25, -0.2) is 4.39 Å². The van der Waals surface area contributed by atoms with Crippen LogP contribution in [-0.4, -0.2) is 53.4 Å². The molecule has 1 aliphatic rings. The molecule has 0 aliphatic carbocycles. The van der Waals surface area contributed by atoms with Gasteiger partial charge in [0.05, 0.1) is 5.56 Å². The normalized spacial score (nSPS) is 14.7. The Labute approximate surface area is 178 Å². The van der Waals surface area contributed by atoms with Crippen LogP contribution in [0.25, 0.3) is 0 Å². The Bertz CT molecular complexity index is 911. The molecule has 2 amide bonds. The summed E-state index contributed by atoms with van der Waals surface area (Å²) in [5.41, 5.74) is -1.15. The number of piperazine rings is 1. The fourth-order valence-electron chi connectivity index (χ4n) is 3.17. The number of halogens is 3. The first kappa shape index (κ1) is 21.4. The predicted molar refractivity (Wildman–Crippen MR) is 110 cm³/mol. The highest BCUT2D eigenvalue weighted by molar-refractivity contribution is 6.31. The van der Waals surface area contributed by atoms with Crippen molar-refractivity contribution in [3.8, 4) is 5.75 Å². The molecule has 0 bridgehead atoms. The lowest BCUT2D eigenvalue weighted by Crippen LogP contribution is -2.56. The van der Waals surface area contributed by atoms with Crippen molar-refractivity contribution >= 4 is 35.0 Å². The van der Waals surface area contributed by atoms with Gasteiger partial charge in [-0.2, -0.15) is 0 Å². The number of hydrogen-bond acceptors (Lipinski definition) is 3. The summed E-state index contributed by atoms with van der Waals surface area (Å²) in [5.74, 6) is -0.698. The fraction of sp³-hybridized carbons (Fsp3) is 0.333. The van der Waals surface area contributed by atoms with Gasteiger partial charge in [0.1, 0.15) is 11.6 Å². The summed E-state index contributed by atoms with van der Waals surface area (Å²) in [6.45, 7) is 4.66. The highest BCUT2D eigenvalue weighted by Crippen LogP contribution is 2.23. The van der Waals surface area contributed by atoms with Crippen molar-refractivity contribution in [2.45, 2.75) is 19.4 Å². The fourth-order valence-corrected chi connectivity index (χ4v) is 3.46. The number of ether oxygens (including phenoxy) is 1. The topological polar surface area (TPSA) is 49.9 Å². The third-order valence-corrected chi connectivity index (χ3v) is 5.20. The van der Waals surface area contributed by atoms with Crippen LogP contribution in [0.3, 0.4) is 0 Å². The molecule has 0 unspecified atom stereocenters. The van der Waals surface area contributed by atoms with Crippen molar-refractivity contribution < 1.29 is 18.7 Å². The van der Waals surface area contributed by atoms with E-state index in [0.717, 1.165) is 0 Å². The molecule has 0 saturated carbocycles. The van der Waals surface area contributed by atoms with Gasteiger partial charge in [-0.1, -0.05) is 23.2 Å². The third kappa shape index (κ3) is 5.00. The van der Waals surface area contributed by atoms with Crippen LogP contribution in [0.1, 0.15) is 24.2 Å². The van der Waals surface area contributed by atoms with Crippen molar-refractivity contribution in [1.29, 1.82) is 0 Å². The molecule has 3 rings (SSSR count). The van der Waals surface area contributed by atoms with E-state index in [1.807, 2.05) is 0 Å². The molecule has 1 fully saturated rings. The summed E-state index contributed by atoms with van der Waals surface area (Å²) in [4.78, 5) is 28.7. The second kappa shape index (κ2) is 8.59. The monoisotopic (exact) mass is 438 g/mol. The maximum atomic E-state index is 14.0. The van der Waals surface area contributed by atoms with Crippen LogP contribution in [0, 0.1) is 5.82 Å². The van der Waals surface area contributed by atoms with E-state index in [1.165, 1.54) is 23.1 Å². The summed E-state index contributed by atoms with van der Waals surface area (Å²) in [6, 6.07) is 10.7. The molecule has 29 heavy (non-hydrogen) atoms. The third-order valence-electron chi connectivity index (χ3n) is 4.71. The molecule has 0 aromatic heterocycles. The molecular formula is C21H21Cl2FN2O3. The summed E-state index contributed by atoms with van der Waals surface area (Å²) in [7, 11) is 0. The van der Waals surface area contributed by atoms with Crippen molar-refractivity contribution in [1.82, 2.24) is 9.80 Å². The number of rotatable bonds is 4. The zero-order chi connectivity index (χ0) is 21.2. The predicted octanol–water partition coefficient (Wildman–Crippen LogP) is 4.27. The summed E-state index contributed by atoms with van der Waals surface area (Å²) >= 11 is 11.8. The highest BCUT2D eigenvalue weighted by Gasteiger charge is 2.36. The average Bonchev–Trinajstić information content (AvgIpc) is 2.70. The minimum Gasteiger partial charge on any atom is -0.478 e. The molecule has 8 heteroatoms. The van der Waals surface area contributed by atoms with Crippen LogP contribution in [0.2, 0.25) is 10.0 Å². The molecule has 154 valence electrons. The summed E-state index contributed by atoms with van der Waals surface area (Å²) in [5, 5.41) is 0.878. The van der Waals surface area contributed by atoms with Gasteiger partial charge in [0, 0.05) is 36.2 Å². The standard InChI is InChI=1S/C21H21Cl2FN2O3/c1-21(2,29-16-6-3-14(22)4-7-16)20(28)26-11-9-25(10-12-26)19(27)17-13-15(23)5-8-18(17)24/h3-8,13H,9-12H2,1-2H3. The minimum absolute atomic E-state index is 0.0660. The Balaban J connectivity index is 1.62. The van der Waals surface area contributed by atoms with Crippen LogP contribution in [0.15, 0.2) is 42.5 Å². The molecule has 0 N–H and O–H groups in total. The molecule has 1 heterocycles. The molecular weight excluding hydrogens is 418 g/mol. The second-order valence-corrected chi connectivity index (χ2v) is 8.15. The van der Waals surface area contributed by atoms with E-state index in [0.29, 0.717) is 42.0 Å². The van der Waals surface area contributed by atoms with E-state index < -0.39 is 17.3 Å². The van der Waals surface area contributed by atoms with Gasteiger partial charge in [0.2, 0.25) is 0 Å². The first-order valence-electron chi connectivity index (χ1n) is 9.15. The van der Waals surface area contributed by atoms with E-state index in [-0.39, 0.29) is 11.5 Å². The second-order valence-electron chi connectivity index (χ2n) is 7.27. The van der Waals surface area contributed by atoms with Crippen LogP contribution < -0.4 is 4.74 Å². The lowest BCUT2D eigenvalue weighted by atomic mass is 10.1. The molecule has 5 nitrogen and oxygen atoms in total. The van der Waals surface area contributed by atoms with E-state index in [9.17, 15) is 14.0 Å². The summed E-state index contributed by atoms with van der Waals surface area (Å²) < 4.78 is 19.8. The molecule has 1 saturated heterocycles. The van der Waals surface area contributed by atoms with Gasteiger partial charge < -0.3 is 14.5 Å². The molecule has 2 aromatic rings. The van der Waals surface area contributed by atoms with E-state index in [4.69, 9.17) is 27.9 Å². The number of benzene rings is 2.